The lowest BCUT2D eigenvalue weighted by molar-refractivity contribution is -0.384. The lowest BCUT2D eigenvalue weighted by Gasteiger charge is -2.30. The van der Waals surface area contributed by atoms with Crippen molar-refractivity contribution in [3.8, 4) is 0 Å². The quantitative estimate of drug-likeness (QED) is 0.483. The molecule has 1 N–H and O–H groups in total. The molecule has 0 saturated carbocycles. The number of esters is 1. The Morgan fingerprint density at radius 2 is 2.00 bits per heavy atom. The van der Waals surface area contributed by atoms with E-state index in [0.29, 0.717) is 38.2 Å². The molecule has 2 rings (SSSR count). The van der Waals surface area contributed by atoms with E-state index in [-0.39, 0.29) is 29.9 Å². The lowest BCUT2D eigenvalue weighted by atomic mass is 9.97. The first-order valence-corrected chi connectivity index (χ1v) is 7.86. The van der Waals surface area contributed by atoms with Crippen molar-refractivity contribution in [2.45, 2.75) is 19.3 Å². The van der Waals surface area contributed by atoms with Gasteiger partial charge in [-0.2, -0.15) is 0 Å². The number of benzene rings is 1. The van der Waals surface area contributed by atoms with Crippen molar-refractivity contribution in [1.82, 2.24) is 4.90 Å². The zero-order chi connectivity index (χ0) is 17.5. The first-order chi connectivity index (χ1) is 11.5. The van der Waals surface area contributed by atoms with Gasteiger partial charge in [-0.15, -0.1) is 0 Å². The normalized spacial score (nSPS) is 15.0. The van der Waals surface area contributed by atoms with Crippen molar-refractivity contribution >= 4 is 23.3 Å². The SMILES string of the molecule is COC(=O)C1CCN(C(=O)CCNc2ccccc2[N+](=O)[O-])CC1. The highest BCUT2D eigenvalue weighted by Gasteiger charge is 2.27. The fourth-order valence-corrected chi connectivity index (χ4v) is 2.78. The lowest BCUT2D eigenvalue weighted by Crippen LogP contribution is -2.41. The first-order valence-electron chi connectivity index (χ1n) is 7.86. The average molecular weight is 335 g/mol. The van der Waals surface area contributed by atoms with Crippen LogP contribution in [0.2, 0.25) is 0 Å². The fourth-order valence-electron chi connectivity index (χ4n) is 2.78. The number of anilines is 1. The van der Waals surface area contributed by atoms with Crippen LogP contribution in [0.1, 0.15) is 19.3 Å². The van der Waals surface area contributed by atoms with Gasteiger partial charge in [-0.05, 0) is 18.9 Å². The van der Waals surface area contributed by atoms with Gasteiger partial charge in [-0.25, -0.2) is 0 Å². The van der Waals surface area contributed by atoms with Crippen LogP contribution in [0.4, 0.5) is 11.4 Å². The number of ether oxygens (including phenoxy) is 1. The van der Waals surface area contributed by atoms with Crippen LogP contribution in [-0.2, 0) is 14.3 Å². The van der Waals surface area contributed by atoms with Gasteiger partial charge in [0.05, 0.1) is 18.0 Å². The summed E-state index contributed by atoms with van der Waals surface area (Å²) in [6.07, 6.45) is 1.46. The summed E-state index contributed by atoms with van der Waals surface area (Å²) in [5.41, 5.74) is 0.392. The third-order valence-corrected chi connectivity index (χ3v) is 4.14. The Balaban J connectivity index is 1.78. The highest BCUT2D eigenvalue weighted by molar-refractivity contribution is 5.78. The minimum absolute atomic E-state index is 0.0103. The van der Waals surface area contributed by atoms with E-state index in [1.54, 1.807) is 23.1 Å². The number of nitrogens with zero attached hydrogens (tertiary/aromatic N) is 2. The molecule has 1 aromatic carbocycles. The minimum atomic E-state index is -0.457. The Morgan fingerprint density at radius 1 is 1.33 bits per heavy atom. The zero-order valence-corrected chi connectivity index (χ0v) is 13.6. The highest BCUT2D eigenvalue weighted by atomic mass is 16.6. The minimum Gasteiger partial charge on any atom is -0.469 e. The molecule has 0 spiro atoms. The van der Waals surface area contributed by atoms with E-state index in [9.17, 15) is 19.7 Å². The van der Waals surface area contributed by atoms with Crippen LogP contribution in [0.5, 0.6) is 0 Å². The first kappa shape index (κ1) is 17.7. The molecule has 0 atom stereocenters. The van der Waals surface area contributed by atoms with Crippen molar-refractivity contribution in [3.05, 3.63) is 34.4 Å². The smallest absolute Gasteiger partial charge is 0.308 e. The molecule has 130 valence electrons. The van der Waals surface area contributed by atoms with Gasteiger partial charge in [0, 0.05) is 32.1 Å². The van der Waals surface area contributed by atoms with Crippen LogP contribution in [0.15, 0.2) is 24.3 Å². The molecule has 24 heavy (non-hydrogen) atoms. The van der Waals surface area contributed by atoms with Gasteiger partial charge in [0.1, 0.15) is 5.69 Å². The molecular formula is C16H21N3O5. The molecular weight excluding hydrogens is 314 g/mol. The van der Waals surface area contributed by atoms with Gasteiger partial charge in [-0.3, -0.25) is 19.7 Å². The number of hydrogen-bond donors (Lipinski definition) is 1. The number of nitro benzene ring substituents is 1. The molecule has 1 aliphatic heterocycles. The number of likely N-dealkylation sites (tertiary alicyclic amines) is 1. The summed E-state index contributed by atoms with van der Waals surface area (Å²) in [4.78, 5) is 35.9. The van der Waals surface area contributed by atoms with E-state index in [1.807, 2.05) is 0 Å². The highest BCUT2D eigenvalue weighted by Crippen LogP contribution is 2.23. The number of carbonyl (C=O) groups is 2. The van der Waals surface area contributed by atoms with Crippen LogP contribution in [0, 0.1) is 16.0 Å². The Bertz CT molecular complexity index is 611. The van der Waals surface area contributed by atoms with Crippen LogP contribution >= 0.6 is 0 Å². The van der Waals surface area contributed by atoms with Gasteiger partial charge >= 0.3 is 5.97 Å². The number of rotatable bonds is 6. The van der Waals surface area contributed by atoms with E-state index in [1.165, 1.54) is 13.2 Å². The number of methoxy groups -OCH3 is 1. The summed E-state index contributed by atoms with van der Waals surface area (Å²) in [5.74, 6) is -0.381. The second-order valence-corrected chi connectivity index (χ2v) is 5.63. The monoisotopic (exact) mass is 335 g/mol. The third-order valence-electron chi connectivity index (χ3n) is 4.14. The molecule has 1 saturated heterocycles. The molecule has 1 heterocycles. The van der Waals surface area contributed by atoms with E-state index < -0.39 is 4.92 Å². The van der Waals surface area contributed by atoms with E-state index >= 15 is 0 Å². The Labute approximate surface area is 139 Å². The Hall–Kier alpha value is -2.64. The van der Waals surface area contributed by atoms with Gasteiger partial charge in [0.25, 0.3) is 5.69 Å². The topological polar surface area (TPSA) is 102 Å². The average Bonchev–Trinajstić information content (AvgIpc) is 2.61. The summed E-state index contributed by atoms with van der Waals surface area (Å²) >= 11 is 0. The summed E-state index contributed by atoms with van der Waals surface area (Å²) in [7, 11) is 1.37. The molecule has 0 aromatic heterocycles. The van der Waals surface area contributed by atoms with Crippen molar-refractivity contribution in [1.29, 1.82) is 0 Å². The van der Waals surface area contributed by atoms with Crippen molar-refractivity contribution in [2.24, 2.45) is 5.92 Å². The van der Waals surface area contributed by atoms with E-state index in [2.05, 4.69) is 5.32 Å². The van der Waals surface area contributed by atoms with Crippen LogP contribution < -0.4 is 5.32 Å². The second-order valence-electron chi connectivity index (χ2n) is 5.63. The number of amides is 1. The summed E-state index contributed by atoms with van der Waals surface area (Å²) in [6.45, 7) is 1.38. The Kier molecular flexibility index (Phi) is 6.11. The number of nitro groups is 1. The molecule has 8 nitrogen and oxygen atoms in total. The van der Waals surface area contributed by atoms with Crippen LogP contribution in [-0.4, -0.2) is 48.4 Å². The predicted octanol–water partition coefficient (Wildman–Crippen LogP) is 1.81. The second kappa shape index (κ2) is 8.28. The van der Waals surface area contributed by atoms with Crippen molar-refractivity contribution < 1.29 is 19.2 Å². The maximum atomic E-state index is 12.2. The molecule has 0 unspecified atom stereocenters. The third kappa shape index (κ3) is 4.43. The molecule has 1 aromatic rings. The Morgan fingerprint density at radius 3 is 2.62 bits per heavy atom. The van der Waals surface area contributed by atoms with Crippen molar-refractivity contribution in [3.63, 3.8) is 0 Å². The van der Waals surface area contributed by atoms with Gasteiger partial charge in [0.15, 0.2) is 0 Å². The molecule has 1 amide bonds. The molecule has 8 heteroatoms. The molecule has 0 bridgehead atoms. The summed E-state index contributed by atoms with van der Waals surface area (Å²) in [5, 5.41) is 13.9. The number of hydrogen-bond acceptors (Lipinski definition) is 6. The van der Waals surface area contributed by atoms with E-state index in [4.69, 9.17) is 4.74 Å². The molecule has 1 aliphatic rings. The predicted molar refractivity (Wildman–Crippen MR) is 87.5 cm³/mol. The van der Waals surface area contributed by atoms with Crippen LogP contribution in [0.3, 0.4) is 0 Å². The molecule has 0 aliphatic carbocycles. The van der Waals surface area contributed by atoms with Crippen molar-refractivity contribution in [2.75, 3.05) is 32.1 Å². The standard InChI is InChI=1S/C16H21N3O5/c1-24-16(21)12-7-10-18(11-8-12)15(20)6-9-17-13-4-2-3-5-14(13)19(22)23/h2-5,12,17H,6-11H2,1H3. The number of para-hydroxylation sites is 2. The summed E-state index contributed by atoms with van der Waals surface area (Å²) < 4.78 is 4.72. The maximum absolute atomic E-state index is 12.2. The van der Waals surface area contributed by atoms with Gasteiger partial charge in [-0.1, -0.05) is 12.1 Å². The largest absolute Gasteiger partial charge is 0.469 e. The number of piperidine rings is 1. The summed E-state index contributed by atoms with van der Waals surface area (Å²) in [6, 6.07) is 6.33. The van der Waals surface area contributed by atoms with Gasteiger partial charge in [0.2, 0.25) is 5.91 Å². The zero-order valence-electron chi connectivity index (χ0n) is 13.6. The maximum Gasteiger partial charge on any atom is 0.308 e. The van der Waals surface area contributed by atoms with Crippen LogP contribution in [0.25, 0.3) is 0 Å². The number of nitrogens with one attached hydrogen (secondary N) is 1. The number of carbonyl (C=O) groups excluding carboxylic acids is 2. The van der Waals surface area contributed by atoms with E-state index in [0.717, 1.165) is 0 Å². The molecule has 1 fully saturated rings. The fraction of sp³-hybridized carbons (Fsp3) is 0.500. The van der Waals surface area contributed by atoms with Gasteiger partial charge < -0.3 is 15.0 Å². The molecule has 0 radical (unpaired) electrons.